The van der Waals surface area contributed by atoms with Crippen molar-refractivity contribution in [2.75, 3.05) is 13.7 Å². The summed E-state index contributed by atoms with van der Waals surface area (Å²) in [5, 5.41) is 8.90. The highest BCUT2D eigenvalue weighted by Crippen LogP contribution is 2.09. The minimum Gasteiger partial charge on any atom is -0.480 e. The van der Waals surface area contributed by atoms with Gasteiger partial charge in [-0.2, -0.15) is 0 Å². The van der Waals surface area contributed by atoms with E-state index in [1.54, 1.807) is 6.92 Å². The Morgan fingerprint density at radius 3 is 2.24 bits per heavy atom. The molecule has 0 aliphatic carbocycles. The number of carboxylic acids is 1. The lowest BCUT2D eigenvalue weighted by atomic mass is 10.2. The molecule has 0 aromatic carbocycles. The summed E-state index contributed by atoms with van der Waals surface area (Å²) in [6, 6.07) is 0.0746. The topological polar surface area (TPSA) is 66.8 Å². The highest BCUT2D eigenvalue weighted by atomic mass is 28.3. The zero-order valence-corrected chi connectivity index (χ0v) is 12.3. The second-order valence-electron chi connectivity index (χ2n) is 5.30. The molecule has 1 amide bonds. The van der Waals surface area contributed by atoms with E-state index in [4.69, 9.17) is 9.84 Å². The average Bonchev–Trinajstić information content (AvgIpc) is 2.15. The maximum Gasteiger partial charge on any atom is 0.410 e. The number of rotatable bonds is 6. The third-order valence-corrected chi connectivity index (χ3v) is 4.21. The highest BCUT2D eigenvalue weighted by molar-refractivity contribution is 6.76. The van der Waals surface area contributed by atoms with Crippen LogP contribution in [0.5, 0.6) is 0 Å². The van der Waals surface area contributed by atoms with Crippen molar-refractivity contribution in [3.63, 3.8) is 0 Å². The Kier molecular flexibility index (Phi) is 6.23. The van der Waals surface area contributed by atoms with E-state index in [2.05, 4.69) is 19.6 Å². The summed E-state index contributed by atoms with van der Waals surface area (Å²) in [5.74, 6) is -1.00. The SMILES string of the molecule is CC[C@@H](C(=O)O)N(C)C(=O)OCC[Si](C)(C)C. The van der Waals surface area contributed by atoms with E-state index >= 15 is 0 Å². The van der Waals surface area contributed by atoms with Gasteiger partial charge in [0.15, 0.2) is 0 Å². The van der Waals surface area contributed by atoms with Crippen LogP contribution in [0.4, 0.5) is 4.79 Å². The molecule has 0 aliphatic rings. The van der Waals surface area contributed by atoms with E-state index in [9.17, 15) is 9.59 Å². The molecule has 0 aliphatic heterocycles. The van der Waals surface area contributed by atoms with Crippen LogP contribution in [0.1, 0.15) is 13.3 Å². The Labute approximate surface area is 104 Å². The molecule has 6 heteroatoms. The van der Waals surface area contributed by atoms with Crippen LogP contribution in [0.2, 0.25) is 25.7 Å². The Morgan fingerprint density at radius 2 is 1.88 bits per heavy atom. The number of aliphatic carboxylic acids is 1. The lowest BCUT2D eigenvalue weighted by molar-refractivity contribution is -0.142. The van der Waals surface area contributed by atoms with Crippen molar-refractivity contribution < 1.29 is 19.4 Å². The van der Waals surface area contributed by atoms with Crippen LogP contribution < -0.4 is 0 Å². The van der Waals surface area contributed by atoms with Gasteiger partial charge in [0, 0.05) is 15.1 Å². The molecule has 17 heavy (non-hydrogen) atoms. The van der Waals surface area contributed by atoms with Gasteiger partial charge in [0.25, 0.3) is 0 Å². The molecule has 0 saturated heterocycles. The van der Waals surface area contributed by atoms with E-state index < -0.39 is 26.2 Å². The van der Waals surface area contributed by atoms with Crippen LogP contribution in [0, 0.1) is 0 Å². The third kappa shape index (κ3) is 6.30. The number of carboxylic acid groups (broad SMARTS) is 1. The van der Waals surface area contributed by atoms with Crippen molar-refractivity contribution in [1.82, 2.24) is 4.90 Å². The molecule has 0 rings (SSSR count). The van der Waals surface area contributed by atoms with Crippen molar-refractivity contribution >= 4 is 20.1 Å². The van der Waals surface area contributed by atoms with Crippen LogP contribution >= 0.6 is 0 Å². The van der Waals surface area contributed by atoms with Gasteiger partial charge in [-0.1, -0.05) is 26.6 Å². The summed E-state index contributed by atoms with van der Waals surface area (Å²) < 4.78 is 5.07. The summed E-state index contributed by atoms with van der Waals surface area (Å²) in [7, 11) is 0.229. The van der Waals surface area contributed by atoms with E-state index in [-0.39, 0.29) is 0 Å². The minimum atomic E-state index is -1.23. The number of nitrogens with zero attached hydrogens (tertiary/aromatic N) is 1. The predicted molar refractivity (Wildman–Crippen MR) is 69.0 cm³/mol. The number of likely N-dealkylation sites (N-methyl/N-ethyl adjacent to an activating group) is 1. The standard InChI is InChI=1S/C11H23NO4Si/c1-6-9(10(13)14)12(2)11(15)16-7-8-17(3,4)5/h9H,6-8H2,1-5H3,(H,13,14)/t9-/m0/s1. The van der Waals surface area contributed by atoms with Crippen LogP contribution in [-0.2, 0) is 9.53 Å². The fourth-order valence-corrected chi connectivity index (χ4v) is 2.00. The Bertz CT molecular complexity index is 275. The van der Waals surface area contributed by atoms with Crippen molar-refractivity contribution in [3.8, 4) is 0 Å². The molecule has 0 aromatic heterocycles. The molecular weight excluding hydrogens is 238 g/mol. The summed E-state index contributed by atoms with van der Waals surface area (Å²) in [6.45, 7) is 8.67. The number of ether oxygens (including phenoxy) is 1. The fraction of sp³-hybridized carbons (Fsp3) is 0.818. The largest absolute Gasteiger partial charge is 0.480 e. The molecule has 0 radical (unpaired) electrons. The van der Waals surface area contributed by atoms with Gasteiger partial charge in [0.05, 0.1) is 6.61 Å². The second kappa shape index (κ2) is 6.63. The fourth-order valence-electron chi connectivity index (χ4n) is 1.29. The molecule has 5 nitrogen and oxygen atoms in total. The first-order valence-electron chi connectivity index (χ1n) is 5.81. The third-order valence-electron chi connectivity index (χ3n) is 2.50. The molecule has 0 unspecified atom stereocenters. The molecule has 0 fully saturated rings. The lowest BCUT2D eigenvalue weighted by Crippen LogP contribution is -2.42. The summed E-state index contributed by atoms with van der Waals surface area (Å²) in [6.07, 6.45) is -0.188. The van der Waals surface area contributed by atoms with Gasteiger partial charge in [-0.15, -0.1) is 0 Å². The van der Waals surface area contributed by atoms with Gasteiger partial charge in [0.2, 0.25) is 0 Å². The second-order valence-corrected chi connectivity index (χ2v) is 10.9. The Hall–Kier alpha value is -1.04. The van der Waals surface area contributed by atoms with Gasteiger partial charge in [-0.05, 0) is 12.5 Å². The van der Waals surface area contributed by atoms with Crippen LogP contribution in [0.15, 0.2) is 0 Å². The zero-order valence-electron chi connectivity index (χ0n) is 11.3. The smallest absolute Gasteiger partial charge is 0.410 e. The van der Waals surface area contributed by atoms with Gasteiger partial charge in [-0.3, -0.25) is 4.90 Å². The molecule has 100 valence electrons. The molecule has 0 spiro atoms. The van der Waals surface area contributed by atoms with Gasteiger partial charge >= 0.3 is 12.1 Å². The molecule has 0 heterocycles. The Morgan fingerprint density at radius 1 is 1.35 bits per heavy atom. The van der Waals surface area contributed by atoms with Crippen molar-refractivity contribution in [2.45, 2.75) is 45.1 Å². The molecular formula is C11H23NO4Si. The van der Waals surface area contributed by atoms with Crippen LogP contribution in [0.25, 0.3) is 0 Å². The first kappa shape index (κ1) is 16.0. The van der Waals surface area contributed by atoms with Crippen molar-refractivity contribution in [2.24, 2.45) is 0 Å². The van der Waals surface area contributed by atoms with E-state index in [1.165, 1.54) is 7.05 Å². The van der Waals surface area contributed by atoms with Crippen LogP contribution in [-0.4, -0.2) is 49.8 Å². The minimum absolute atomic E-state index is 0.370. The zero-order chi connectivity index (χ0) is 13.6. The summed E-state index contributed by atoms with van der Waals surface area (Å²) in [5.41, 5.74) is 0. The molecule has 0 aromatic rings. The van der Waals surface area contributed by atoms with E-state index in [1.807, 2.05) is 0 Å². The monoisotopic (exact) mass is 261 g/mol. The molecule has 1 N–H and O–H groups in total. The van der Waals surface area contributed by atoms with Crippen molar-refractivity contribution in [3.05, 3.63) is 0 Å². The summed E-state index contributed by atoms with van der Waals surface area (Å²) in [4.78, 5) is 23.6. The van der Waals surface area contributed by atoms with Gasteiger partial charge < -0.3 is 9.84 Å². The van der Waals surface area contributed by atoms with E-state index in [0.717, 1.165) is 10.9 Å². The van der Waals surface area contributed by atoms with E-state index in [0.29, 0.717) is 13.0 Å². The molecule has 0 bridgehead atoms. The molecule has 1 atom stereocenters. The number of hydrogen-bond acceptors (Lipinski definition) is 3. The average molecular weight is 261 g/mol. The van der Waals surface area contributed by atoms with Crippen molar-refractivity contribution in [1.29, 1.82) is 0 Å². The number of hydrogen-bond donors (Lipinski definition) is 1. The summed E-state index contributed by atoms with van der Waals surface area (Å²) >= 11 is 0. The first-order valence-corrected chi connectivity index (χ1v) is 9.52. The number of amides is 1. The Balaban J connectivity index is 4.18. The normalized spacial score (nSPS) is 13.0. The van der Waals surface area contributed by atoms with Gasteiger partial charge in [-0.25, -0.2) is 9.59 Å². The van der Waals surface area contributed by atoms with Gasteiger partial charge in [0.1, 0.15) is 6.04 Å². The number of carbonyl (C=O) groups is 2. The molecule has 0 saturated carbocycles. The maximum atomic E-state index is 11.6. The number of carbonyl (C=O) groups excluding carboxylic acids is 1. The lowest BCUT2D eigenvalue weighted by Gasteiger charge is -2.24. The first-order chi connectivity index (χ1) is 7.69. The highest BCUT2D eigenvalue weighted by Gasteiger charge is 2.26. The van der Waals surface area contributed by atoms with Crippen LogP contribution in [0.3, 0.4) is 0 Å². The maximum absolute atomic E-state index is 11.6. The predicted octanol–water partition coefficient (Wildman–Crippen LogP) is 2.26. The quantitative estimate of drug-likeness (QED) is 0.745.